The van der Waals surface area contributed by atoms with E-state index < -0.39 is 30.1 Å². The number of nitrogens with zero attached hydrogens (tertiary/aromatic N) is 1. The van der Waals surface area contributed by atoms with Gasteiger partial charge in [-0.05, 0) is 68.6 Å². The van der Waals surface area contributed by atoms with Crippen LogP contribution in [0.1, 0.15) is 85.1 Å². The Hall–Kier alpha value is -4.46. The quantitative estimate of drug-likeness (QED) is 0.0788. The van der Waals surface area contributed by atoms with Gasteiger partial charge in [0.15, 0.2) is 0 Å². The molecule has 3 atom stereocenters. The van der Waals surface area contributed by atoms with E-state index in [2.05, 4.69) is 40.4 Å². The second-order valence-corrected chi connectivity index (χ2v) is 13.2. The first kappa shape index (κ1) is 40.7. The van der Waals surface area contributed by atoms with Crippen molar-refractivity contribution in [3.63, 3.8) is 0 Å². The summed E-state index contributed by atoms with van der Waals surface area (Å²) >= 11 is 0. The van der Waals surface area contributed by atoms with Crippen LogP contribution < -0.4 is 32.3 Å². The van der Waals surface area contributed by atoms with Crippen molar-refractivity contribution in [3.8, 4) is 0 Å². The van der Waals surface area contributed by atoms with E-state index in [4.69, 9.17) is 10.5 Å². The summed E-state index contributed by atoms with van der Waals surface area (Å²) < 4.78 is 5.26. The van der Waals surface area contributed by atoms with Gasteiger partial charge in [-0.1, -0.05) is 52.7 Å². The third-order valence-corrected chi connectivity index (χ3v) is 8.02. The first-order valence-electron chi connectivity index (χ1n) is 17.2. The number of unbranched alkanes of at least 4 members (excludes halogenated alkanes) is 2. The number of alkyl carbamates (subject to hydrolysis) is 1. The van der Waals surface area contributed by atoms with E-state index in [0.29, 0.717) is 37.5 Å². The summed E-state index contributed by atoms with van der Waals surface area (Å²) in [5.74, 6) is -0.890. The van der Waals surface area contributed by atoms with Crippen molar-refractivity contribution in [1.82, 2.24) is 26.2 Å². The first-order valence-corrected chi connectivity index (χ1v) is 17.2. The van der Waals surface area contributed by atoms with Gasteiger partial charge in [0.25, 0.3) is 11.8 Å². The Kier molecular flexibility index (Phi) is 17.9. The molecule has 0 aliphatic carbocycles. The molecule has 1 aliphatic heterocycles. The number of rotatable bonds is 22. The minimum absolute atomic E-state index is 0.00415. The van der Waals surface area contributed by atoms with Gasteiger partial charge >= 0.3 is 12.1 Å². The van der Waals surface area contributed by atoms with E-state index in [9.17, 15) is 28.8 Å². The fraction of sp³-hybridized carbons (Fsp3) is 0.600. The highest BCUT2D eigenvalue weighted by Crippen LogP contribution is 2.14. The zero-order valence-electron chi connectivity index (χ0n) is 29.5. The van der Waals surface area contributed by atoms with E-state index in [0.717, 1.165) is 31.2 Å². The van der Waals surface area contributed by atoms with E-state index in [1.54, 1.807) is 24.3 Å². The standard InChI is InChI=1S/C35H55N7O7/c1-23(2)18-20-38-35(48)49-22-26-12-14-27(15-13-26)40-32(45)28(11-9-19-37-34(36)47)41-33(46)31(24(3)4)39-25(5)10-7-6-8-21-42-29(43)16-17-30(42)44/h12-17,23-25,28,31,39H,6-11,18-22H2,1-5H3,(H,38,48)(H,40,45)(H,41,46)(H3,36,37,47)/t25?,28-,31-/m0/s1. The number of carbonyl (C=O) groups is 6. The van der Waals surface area contributed by atoms with Gasteiger partial charge < -0.3 is 37.1 Å². The van der Waals surface area contributed by atoms with Gasteiger partial charge in [0.1, 0.15) is 12.6 Å². The van der Waals surface area contributed by atoms with Gasteiger partial charge in [0, 0.05) is 43.5 Å². The van der Waals surface area contributed by atoms with E-state index >= 15 is 0 Å². The molecule has 1 heterocycles. The molecule has 0 spiro atoms. The highest BCUT2D eigenvalue weighted by atomic mass is 16.5. The number of hydrogen-bond acceptors (Lipinski definition) is 8. The maximum Gasteiger partial charge on any atom is 0.407 e. The normalized spacial score (nSPS) is 14.5. The van der Waals surface area contributed by atoms with Crippen LogP contribution in [-0.4, -0.2) is 78.4 Å². The summed E-state index contributed by atoms with van der Waals surface area (Å²) in [6, 6.07) is 4.74. The smallest absolute Gasteiger partial charge is 0.407 e. The van der Waals surface area contributed by atoms with Crippen LogP contribution in [0.5, 0.6) is 0 Å². The van der Waals surface area contributed by atoms with Crippen molar-refractivity contribution in [1.29, 1.82) is 0 Å². The summed E-state index contributed by atoms with van der Waals surface area (Å²) in [5.41, 5.74) is 6.42. The number of amides is 7. The Morgan fingerprint density at radius 1 is 0.796 bits per heavy atom. The second kappa shape index (κ2) is 21.5. The van der Waals surface area contributed by atoms with E-state index in [1.165, 1.54) is 17.1 Å². The molecule has 1 unspecified atom stereocenters. The zero-order chi connectivity index (χ0) is 36.3. The lowest BCUT2D eigenvalue weighted by molar-refractivity contribution is -0.136. The Morgan fingerprint density at radius 3 is 2.08 bits per heavy atom. The topological polar surface area (TPSA) is 201 Å². The molecule has 14 heteroatoms. The lowest BCUT2D eigenvalue weighted by atomic mass is 10.00. The molecule has 0 bridgehead atoms. The molecule has 7 amide bonds. The highest BCUT2D eigenvalue weighted by Gasteiger charge is 2.28. The molecule has 14 nitrogen and oxygen atoms in total. The molecule has 1 aromatic rings. The maximum absolute atomic E-state index is 13.5. The van der Waals surface area contributed by atoms with Crippen LogP contribution in [-0.2, 0) is 30.5 Å². The number of carbonyl (C=O) groups excluding carboxylic acids is 6. The van der Waals surface area contributed by atoms with Crippen LogP contribution in [0.2, 0.25) is 0 Å². The summed E-state index contributed by atoms with van der Waals surface area (Å²) in [6.45, 7) is 11.2. The van der Waals surface area contributed by atoms with Crippen molar-refractivity contribution in [2.75, 3.05) is 25.0 Å². The number of nitrogens with two attached hydrogens (primary N) is 1. The van der Waals surface area contributed by atoms with Crippen LogP contribution in [0.15, 0.2) is 36.4 Å². The molecule has 49 heavy (non-hydrogen) atoms. The number of imide groups is 1. The molecule has 1 aromatic carbocycles. The number of ether oxygens (including phenoxy) is 1. The third-order valence-electron chi connectivity index (χ3n) is 8.02. The lowest BCUT2D eigenvalue weighted by Crippen LogP contribution is -2.55. The Morgan fingerprint density at radius 2 is 1.47 bits per heavy atom. The van der Waals surface area contributed by atoms with Gasteiger partial charge in [0.2, 0.25) is 11.8 Å². The summed E-state index contributed by atoms with van der Waals surface area (Å²) in [5, 5.41) is 14.4. The maximum atomic E-state index is 13.5. The van der Waals surface area contributed by atoms with Crippen molar-refractivity contribution in [3.05, 3.63) is 42.0 Å². The zero-order valence-corrected chi connectivity index (χ0v) is 29.5. The molecule has 0 radical (unpaired) electrons. The summed E-state index contributed by atoms with van der Waals surface area (Å²) in [4.78, 5) is 74.6. The van der Waals surface area contributed by atoms with Crippen LogP contribution in [0.3, 0.4) is 0 Å². The molecule has 272 valence electrons. The van der Waals surface area contributed by atoms with Gasteiger partial charge in [-0.15, -0.1) is 0 Å². The largest absolute Gasteiger partial charge is 0.445 e. The Bertz CT molecular complexity index is 1270. The molecule has 2 rings (SSSR count). The number of hydrogen-bond donors (Lipinski definition) is 6. The molecule has 0 saturated heterocycles. The Labute approximate surface area is 289 Å². The van der Waals surface area contributed by atoms with Crippen LogP contribution in [0.25, 0.3) is 0 Å². The van der Waals surface area contributed by atoms with Crippen molar-refractivity contribution < 1.29 is 33.5 Å². The van der Waals surface area contributed by atoms with Gasteiger partial charge in [-0.25, -0.2) is 9.59 Å². The summed E-state index contributed by atoms with van der Waals surface area (Å²) in [7, 11) is 0. The molecule has 0 aromatic heterocycles. The van der Waals surface area contributed by atoms with Crippen LogP contribution in [0, 0.1) is 11.8 Å². The van der Waals surface area contributed by atoms with Crippen molar-refractivity contribution in [2.24, 2.45) is 17.6 Å². The molecule has 7 N–H and O–H groups in total. The monoisotopic (exact) mass is 685 g/mol. The van der Waals surface area contributed by atoms with E-state index in [1.807, 2.05) is 20.8 Å². The van der Waals surface area contributed by atoms with Gasteiger partial charge in [-0.2, -0.15) is 0 Å². The Balaban J connectivity index is 1.92. The number of primary amides is 1. The second-order valence-electron chi connectivity index (χ2n) is 13.2. The first-order chi connectivity index (χ1) is 23.3. The predicted molar refractivity (Wildman–Crippen MR) is 187 cm³/mol. The lowest BCUT2D eigenvalue weighted by Gasteiger charge is -2.28. The molecule has 0 fully saturated rings. The minimum atomic E-state index is -0.886. The minimum Gasteiger partial charge on any atom is -0.445 e. The van der Waals surface area contributed by atoms with Gasteiger partial charge in [0.05, 0.1) is 6.04 Å². The number of nitrogens with one attached hydrogen (secondary N) is 5. The van der Waals surface area contributed by atoms with Crippen LogP contribution >= 0.6 is 0 Å². The fourth-order valence-corrected chi connectivity index (χ4v) is 5.13. The number of anilines is 1. The molecular formula is C35H55N7O7. The SMILES string of the molecule is CC(C)CCNC(=O)OCc1ccc(NC(=O)[C@H](CCCNC(N)=O)NC(=O)[C@@H](NC(C)CCCCCN2C(=O)C=CC2=O)C(C)C)cc1. The number of urea groups is 1. The average molecular weight is 686 g/mol. The summed E-state index contributed by atoms with van der Waals surface area (Å²) in [6.07, 6.45) is 6.74. The average Bonchev–Trinajstić information content (AvgIpc) is 3.36. The van der Waals surface area contributed by atoms with E-state index in [-0.39, 0.29) is 49.3 Å². The highest BCUT2D eigenvalue weighted by molar-refractivity contribution is 6.12. The fourth-order valence-electron chi connectivity index (χ4n) is 5.13. The van der Waals surface area contributed by atoms with Gasteiger partial charge in [-0.3, -0.25) is 24.1 Å². The molecule has 0 saturated carbocycles. The predicted octanol–water partition coefficient (Wildman–Crippen LogP) is 3.32. The molecular weight excluding hydrogens is 630 g/mol. The van der Waals surface area contributed by atoms with Crippen molar-refractivity contribution >= 4 is 41.4 Å². The van der Waals surface area contributed by atoms with Crippen LogP contribution in [0.4, 0.5) is 15.3 Å². The number of benzene rings is 1. The third kappa shape index (κ3) is 16.0. The van der Waals surface area contributed by atoms with Crippen molar-refractivity contribution in [2.45, 2.75) is 104 Å². The molecule has 1 aliphatic rings.